The molecule has 1 aliphatic rings. The van der Waals surface area contributed by atoms with Crippen LogP contribution in [0.1, 0.15) is 42.5 Å². The highest BCUT2D eigenvalue weighted by atomic mass is 16.6. The van der Waals surface area contributed by atoms with E-state index in [9.17, 15) is 9.59 Å². The minimum atomic E-state index is -0.519. The maximum absolute atomic E-state index is 12.3. The molecule has 0 bridgehead atoms. The molecule has 26 heavy (non-hydrogen) atoms. The van der Waals surface area contributed by atoms with E-state index in [0.29, 0.717) is 19.5 Å². The summed E-state index contributed by atoms with van der Waals surface area (Å²) in [6.07, 6.45) is 3.67. The van der Waals surface area contributed by atoms with Crippen LogP contribution in [0, 0.1) is 0 Å². The molecule has 0 aliphatic carbocycles. The van der Waals surface area contributed by atoms with Crippen LogP contribution in [0.4, 0.5) is 4.79 Å². The van der Waals surface area contributed by atoms with E-state index < -0.39 is 11.6 Å². The standard InChI is InChI=1S/C18H22N4O4/c1-18(2,3)26-17(24)21-8-7-15-12(11-21)9-20-22(15)13-5-6-14(19-10-13)16(23)25-4/h5-6,9-10H,7-8,11H2,1-4H3. The van der Waals surface area contributed by atoms with E-state index >= 15 is 0 Å². The maximum atomic E-state index is 12.3. The minimum absolute atomic E-state index is 0.244. The second-order valence-electron chi connectivity index (χ2n) is 7.07. The Morgan fingerprint density at radius 1 is 1.19 bits per heavy atom. The van der Waals surface area contributed by atoms with Gasteiger partial charge in [-0.3, -0.25) is 0 Å². The lowest BCUT2D eigenvalue weighted by Gasteiger charge is -2.30. The van der Waals surface area contributed by atoms with Crippen LogP contribution in [0.5, 0.6) is 0 Å². The number of carbonyl (C=O) groups excluding carboxylic acids is 2. The van der Waals surface area contributed by atoms with Crippen molar-refractivity contribution in [1.82, 2.24) is 19.7 Å². The first-order valence-electron chi connectivity index (χ1n) is 8.37. The molecule has 0 atom stereocenters. The Hall–Kier alpha value is -2.90. The molecule has 0 saturated carbocycles. The smallest absolute Gasteiger partial charge is 0.410 e. The zero-order valence-electron chi connectivity index (χ0n) is 15.4. The summed E-state index contributed by atoms with van der Waals surface area (Å²) in [6, 6.07) is 3.37. The quantitative estimate of drug-likeness (QED) is 0.766. The van der Waals surface area contributed by atoms with Crippen molar-refractivity contribution in [3.05, 3.63) is 41.5 Å². The number of hydrogen-bond donors (Lipinski definition) is 0. The van der Waals surface area contributed by atoms with Crippen LogP contribution in [-0.4, -0.2) is 51.0 Å². The molecule has 1 aliphatic heterocycles. The molecule has 0 spiro atoms. The van der Waals surface area contributed by atoms with E-state index in [1.807, 2.05) is 20.8 Å². The predicted molar refractivity (Wildman–Crippen MR) is 93.0 cm³/mol. The molecule has 1 amide bonds. The van der Waals surface area contributed by atoms with Gasteiger partial charge >= 0.3 is 12.1 Å². The molecule has 0 unspecified atom stereocenters. The van der Waals surface area contributed by atoms with Gasteiger partial charge in [0.05, 0.1) is 37.4 Å². The molecule has 0 aromatic carbocycles. The van der Waals surface area contributed by atoms with E-state index in [-0.39, 0.29) is 11.8 Å². The normalized spacial score (nSPS) is 13.9. The van der Waals surface area contributed by atoms with Crippen molar-refractivity contribution in [3.8, 4) is 5.69 Å². The van der Waals surface area contributed by atoms with Crippen molar-refractivity contribution in [3.63, 3.8) is 0 Å². The van der Waals surface area contributed by atoms with E-state index in [1.165, 1.54) is 7.11 Å². The Labute approximate surface area is 151 Å². The third kappa shape index (κ3) is 3.68. The summed E-state index contributed by atoms with van der Waals surface area (Å²) in [7, 11) is 1.32. The fraction of sp³-hybridized carbons (Fsp3) is 0.444. The molecule has 0 saturated heterocycles. The van der Waals surface area contributed by atoms with Crippen molar-refractivity contribution in [1.29, 1.82) is 0 Å². The molecule has 8 heteroatoms. The average molecular weight is 358 g/mol. The summed E-state index contributed by atoms with van der Waals surface area (Å²) in [6.45, 7) is 6.56. The maximum Gasteiger partial charge on any atom is 0.410 e. The molecular weight excluding hydrogens is 336 g/mol. The summed E-state index contributed by atoms with van der Waals surface area (Å²) < 4.78 is 11.9. The van der Waals surface area contributed by atoms with Gasteiger partial charge in [0.1, 0.15) is 11.3 Å². The van der Waals surface area contributed by atoms with Gasteiger partial charge in [-0.1, -0.05) is 0 Å². The van der Waals surface area contributed by atoms with Crippen molar-refractivity contribution in [2.75, 3.05) is 13.7 Å². The number of pyridine rings is 1. The third-order valence-corrected chi connectivity index (χ3v) is 3.97. The van der Waals surface area contributed by atoms with Crippen LogP contribution in [0.2, 0.25) is 0 Å². The molecule has 8 nitrogen and oxygen atoms in total. The van der Waals surface area contributed by atoms with Gasteiger partial charge in [0.25, 0.3) is 0 Å². The largest absolute Gasteiger partial charge is 0.464 e. The van der Waals surface area contributed by atoms with Crippen LogP contribution >= 0.6 is 0 Å². The van der Waals surface area contributed by atoms with Crippen molar-refractivity contribution in [2.45, 2.75) is 39.3 Å². The number of rotatable bonds is 2. The van der Waals surface area contributed by atoms with E-state index in [0.717, 1.165) is 16.9 Å². The zero-order valence-corrected chi connectivity index (χ0v) is 15.4. The number of methoxy groups -OCH3 is 1. The number of nitrogens with zero attached hydrogens (tertiary/aromatic N) is 4. The monoisotopic (exact) mass is 358 g/mol. The number of carbonyl (C=O) groups is 2. The van der Waals surface area contributed by atoms with Gasteiger partial charge < -0.3 is 14.4 Å². The number of hydrogen-bond acceptors (Lipinski definition) is 6. The average Bonchev–Trinajstić information content (AvgIpc) is 3.03. The first kappa shape index (κ1) is 17.9. The second kappa shape index (κ2) is 6.78. The van der Waals surface area contributed by atoms with Crippen molar-refractivity contribution in [2.24, 2.45) is 0 Å². The van der Waals surface area contributed by atoms with Gasteiger partial charge in [0.2, 0.25) is 0 Å². The van der Waals surface area contributed by atoms with Gasteiger partial charge in [-0.2, -0.15) is 5.10 Å². The van der Waals surface area contributed by atoms with E-state index in [4.69, 9.17) is 4.74 Å². The Morgan fingerprint density at radius 3 is 2.58 bits per heavy atom. The summed E-state index contributed by atoms with van der Waals surface area (Å²) in [5.41, 5.74) is 2.48. The Kier molecular flexibility index (Phi) is 4.67. The van der Waals surface area contributed by atoms with Crippen LogP contribution < -0.4 is 0 Å². The molecule has 0 fully saturated rings. The molecule has 0 radical (unpaired) electrons. The fourth-order valence-electron chi connectivity index (χ4n) is 2.77. The molecule has 138 valence electrons. The van der Waals surface area contributed by atoms with Crippen LogP contribution in [0.3, 0.4) is 0 Å². The van der Waals surface area contributed by atoms with E-state index in [2.05, 4.69) is 14.8 Å². The second-order valence-corrected chi connectivity index (χ2v) is 7.07. The summed E-state index contributed by atoms with van der Waals surface area (Å²) in [4.78, 5) is 29.5. The highest BCUT2D eigenvalue weighted by molar-refractivity contribution is 5.87. The van der Waals surface area contributed by atoms with Crippen molar-refractivity contribution < 1.29 is 19.1 Å². The highest BCUT2D eigenvalue weighted by Gasteiger charge is 2.28. The van der Waals surface area contributed by atoms with Crippen LogP contribution in [-0.2, 0) is 22.4 Å². The van der Waals surface area contributed by atoms with Crippen LogP contribution in [0.15, 0.2) is 24.5 Å². The third-order valence-electron chi connectivity index (χ3n) is 3.97. The summed E-state index contributed by atoms with van der Waals surface area (Å²) in [5.74, 6) is -0.480. The Bertz CT molecular complexity index is 821. The minimum Gasteiger partial charge on any atom is -0.464 e. The number of ether oxygens (including phenoxy) is 2. The van der Waals surface area contributed by atoms with Gasteiger partial charge in [0, 0.05) is 18.5 Å². The molecule has 2 aromatic rings. The lowest BCUT2D eigenvalue weighted by molar-refractivity contribution is 0.0223. The number of amides is 1. The summed E-state index contributed by atoms with van der Waals surface area (Å²) in [5, 5.41) is 4.41. The first-order chi connectivity index (χ1) is 12.3. The molecular formula is C18H22N4O4. The molecule has 3 rings (SSSR count). The number of fused-ring (bicyclic) bond motifs is 1. The predicted octanol–water partition coefficient (Wildman–Crippen LogP) is 2.35. The van der Waals surface area contributed by atoms with Gasteiger partial charge in [-0.05, 0) is 32.9 Å². The molecule has 0 N–H and O–H groups in total. The van der Waals surface area contributed by atoms with Gasteiger partial charge in [-0.15, -0.1) is 0 Å². The zero-order chi connectivity index (χ0) is 18.9. The lowest BCUT2D eigenvalue weighted by atomic mass is 10.1. The van der Waals surface area contributed by atoms with Crippen LogP contribution in [0.25, 0.3) is 5.69 Å². The molecule has 2 aromatic heterocycles. The SMILES string of the molecule is COC(=O)c1ccc(-n2ncc3c2CCN(C(=O)OC(C)(C)C)C3)cn1. The highest BCUT2D eigenvalue weighted by Crippen LogP contribution is 2.23. The number of aromatic nitrogens is 3. The summed E-state index contributed by atoms with van der Waals surface area (Å²) >= 11 is 0. The van der Waals surface area contributed by atoms with Crippen molar-refractivity contribution >= 4 is 12.1 Å². The van der Waals surface area contributed by atoms with Gasteiger partial charge in [0.15, 0.2) is 0 Å². The lowest BCUT2D eigenvalue weighted by Crippen LogP contribution is -2.40. The molecule has 3 heterocycles. The van der Waals surface area contributed by atoms with E-state index in [1.54, 1.807) is 34.1 Å². The topological polar surface area (TPSA) is 86.6 Å². The Balaban J connectivity index is 1.77. The first-order valence-corrected chi connectivity index (χ1v) is 8.37. The number of esters is 1. The van der Waals surface area contributed by atoms with Gasteiger partial charge in [-0.25, -0.2) is 19.3 Å². The Morgan fingerprint density at radius 2 is 1.96 bits per heavy atom. The fourth-order valence-corrected chi connectivity index (χ4v) is 2.77.